The van der Waals surface area contributed by atoms with Crippen LogP contribution in [0, 0.1) is 6.92 Å². The third-order valence-corrected chi connectivity index (χ3v) is 4.89. The van der Waals surface area contributed by atoms with Gasteiger partial charge >= 0.3 is 0 Å². The van der Waals surface area contributed by atoms with Crippen LogP contribution in [0.25, 0.3) is 0 Å². The predicted molar refractivity (Wildman–Crippen MR) is 99.6 cm³/mol. The number of hydrogen-bond acceptors (Lipinski definition) is 6. The number of nitrogens with one attached hydrogen (secondary N) is 2. The molecule has 7 nitrogen and oxygen atoms in total. The number of hydrogen-bond donors (Lipinski definition) is 2. The monoisotopic (exact) mass is 353 g/mol. The van der Waals surface area contributed by atoms with Gasteiger partial charge < -0.3 is 20.3 Å². The van der Waals surface area contributed by atoms with Crippen LogP contribution in [0.3, 0.4) is 0 Å². The Labute approximate surface area is 152 Å². The van der Waals surface area contributed by atoms with Gasteiger partial charge in [0.05, 0.1) is 24.5 Å². The summed E-state index contributed by atoms with van der Waals surface area (Å²) < 4.78 is 5.41. The molecule has 26 heavy (non-hydrogen) atoms. The van der Waals surface area contributed by atoms with Crippen molar-refractivity contribution in [3.05, 3.63) is 41.3 Å². The first-order valence-electron chi connectivity index (χ1n) is 8.92. The van der Waals surface area contributed by atoms with Crippen molar-refractivity contribution in [1.29, 1.82) is 0 Å². The summed E-state index contributed by atoms with van der Waals surface area (Å²) in [7, 11) is 1.62. The number of ether oxygens (including phenoxy) is 1. The summed E-state index contributed by atoms with van der Waals surface area (Å²) in [5, 5.41) is 6.84. The number of carbonyl (C=O) groups excluding carboxylic acids is 1. The van der Waals surface area contributed by atoms with Crippen LogP contribution >= 0.6 is 0 Å². The lowest BCUT2D eigenvalue weighted by Gasteiger charge is -2.23. The summed E-state index contributed by atoms with van der Waals surface area (Å²) in [6, 6.07) is 7.63. The smallest absolute Gasteiger partial charge is 0.229 e. The van der Waals surface area contributed by atoms with Gasteiger partial charge in [-0.3, -0.25) is 4.79 Å². The second-order valence-corrected chi connectivity index (χ2v) is 6.69. The van der Waals surface area contributed by atoms with Crippen LogP contribution in [-0.4, -0.2) is 42.1 Å². The molecule has 3 heterocycles. The van der Waals surface area contributed by atoms with Crippen LogP contribution in [0.1, 0.15) is 23.5 Å². The topological polar surface area (TPSA) is 79.4 Å². The fraction of sp³-hybridized carbons (Fsp3) is 0.421. The molecule has 1 atom stereocenters. The summed E-state index contributed by atoms with van der Waals surface area (Å²) in [5.41, 5.74) is 3.03. The number of nitrogens with zero attached hydrogens (tertiary/aromatic N) is 3. The molecule has 1 amide bonds. The molecule has 2 N–H and O–H groups in total. The first-order chi connectivity index (χ1) is 12.7. The largest absolute Gasteiger partial charge is 0.495 e. The molecule has 0 aliphatic carbocycles. The van der Waals surface area contributed by atoms with Crippen molar-refractivity contribution in [2.24, 2.45) is 0 Å². The molecule has 0 radical (unpaired) electrons. The number of para-hydroxylation sites is 2. The van der Waals surface area contributed by atoms with Crippen molar-refractivity contribution in [3.63, 3.8) is 0 Å². The van der Waals surface area contributed by atoms with E-state index in [1.807, 2.05) is 31.2 Å². The van der Waals surface area contributed by atoms with Gasteiger partial charge in [0.15, 0.2) is 0 Å². The summed E-state index contributed by atoms with van der Waals surface area (Å²) in [6.07, 6.45) is 1.34. The van der Waals surface area contributed by atoms with E-state index >= 15 is 0 Å². The minimum absolute atomic E-state index is 0.0145. The van der Waals surface area contributed by atoms with E-state index in [1.165, 1.54) is 0 Å². The van der Waals surface area contributed by atoms with Crippen LogP contribution < -0.4 is 20.3 Å². The quantitative estimate of drug-likeness (QED) is 0.870. The lowest BCUT2D eigenvalue weighted by Crippen LogP contribution is -2.30. The molecule has 1 saturated heterocycles. The van der Waals surface area contributed by atoms with Crippen molar-refractivity contribution < 1.29 is 9.53 Å². The van der Waals surface area contributed by atoms with E-state index in [0.717, 1.165) is 48.1 Å². The predicted octanol–water partition coefficient (Wildman–Crippen LogP) is 1.66. The number of anilines is 2. The molecule has 2 aliphatic heterocycles. The van der Waals surface area contributed by atoms with Crippen molar-refractivity contribution in [2.75, 3.05) is 30.4 Å². The lowest BCUT2D eigenvalue weighted by molar-refractivity contribution is -0.117. The Morgan fingerprint density at radius 3 is 3.00 bits per heavy atom. The first kappa shape index (κ1) is 16.8. The van der Waals surface area contributed by atoms with Crippen LogP contribution in [-0.2, 0) is 17.8 Å². The minimum Gasteiger partial charge on any atom is -0.495 e. The van der Waals surface area contributed by atoms with Crippen molar-refractivity contribution in [1.82, 2.24) is 15.3 Å². The third kappa shape index (κ3) is 3.10. The van der Waals surface area contributed by atoms with E-state index in [2.05, 4.69) is 20.6 Å². The van der Waals surface area contributed by atoms with Gasteiger partial charge in [0.25, 0.3) is 0 Å². The maximum absolute atomic E-state index is 12.6. The zero-order valence-electron chi connectivity index (χ0n) is 15.1. The van der Waals surface area contributed by atoms with E-state index in [4.69, 9.17) is 4.74 Å². The number of carbonyl (C=O) groups is 1. The highest BCUT2D eigenvalue weighted by atomic mass is 16.5. The molecule has 1 aromatic heterocycles. The van der Waals surface area contributed by atoms with Crippen LogP contribution in [0.5, 0.6) is 5.75 Å². The average Bonchev–Trinajstić information content (AvgIpc) is 3.01. The maximum atomic E-state index is 12.6. The standard InChI is InChI=1S/C19H23N5O2/c1-12-21-15-10-20-8-7-14(15)19(22-12)23-13-9-18(25)24(11-13)16-5-3-4-6-17(16)26-2/h3-6,13,20H,7-11H2,1-2H3,(H,21,22,23)/t13-/m0/s1. The molecule has 1 fully saturated rings. The fourth-order valence-corrected chi connectivity index (χ4v) is 3.69. The summed E-state index contributed by atoms with van der Waals surface area (Å²) >= 11 is 0. The molecule has 0 unspecified atom stereocenters. The third-order valence-electron chi connectivity index (χ3n) is 4.89. The zero-order valence-corrected chi connectivity index (χ0v) is 15.1. The van der Waals surface area contributed by atoms with Crippen LogP contribution in [0.2, 0.25) is 0 Å². The molecule has 0 bridgehead atoms. The summed E-state index contributed by atoms with van der Waals surface area (Å²) in [5.74, 6) is 2.42. The Hall–Kier alpha value is -2.67. The van der Waals surface area contributed by atoms with Gasteiger partial charge in [-0.05, 0) is 32.0 Å². The van der Waals surface area contributed by atoms with E-state index in [-0.39, 0.29) is 11.9 Å². The second kappa shape index (κ2) is 6.92. The molecule has 4 rings (SSSR count). The van der Waals surface area contributed by atoms with Crippen molar-refractivity contribution >= 4 is 17.4 Å². The van der Waals surface area contributed by atoms with Gasteiger partial charge in [0.1, 0.15) is 17.4 Å². The molecule has 0 spiro atoms. The number of fused-ring (bicyclic) bond motifs is 1. The van der Waals surface area contributed by atoms with Crippen molar-refractivity contribution in [3.8, 4) is 5.75 Å². The number of rotatable bonds is 4. The highest BCUT2D eigenvalue weighted by Crippen LogP contribution is 2.32. The molecule has 2 aliphatic rings. The lowest BCUT2D eigenvalue weighted by atomic mass is 10.1. The maximum Gasteiger partial charge on any atom is 0.229 e. The Morgan fingerprint density at radius 1 is 1.31 bits per heavy atom. The normalized spacial score (nSPS) is 19.4. The Balaban J connectivity index is 1.56. The van der Waals surface area contributed by atoms with Crippen LogP contribution in [0.4, 0.5) is 11.5 Å². The molecular weight excluding hydrogens is 330 g/mol. The number of aromatic nitrogens is 2. The highest BCUT2D eigenvalue weighted by Gasteiger charge is 2.33. The molecule has 1 aromatic carbocycles. The number of benzene rings is 1. The van der Waals surface area contributed by atoms with Gasteiger partial charge in [-0.25, -0.2) is 9.97 Å². The molecule has 2 aromatic rings. The Bertz CT molecular complexity index is 839. The highest BCUT2D eigenvalue weighted by molar-refractivity contribution is 5.98. The fourth-order valence-electron chi connectivity index (χ4n) is 3.69. The average molecular weight is 353 g/mol. The van der Waals surface area contributed by atoms with E-state index in [9.17, 15) is 4.79 Å². The minimum atomic E-state index is 0.0145. The molecular formula is C19H23N5O2. The number of methoxy groups -OCH3 is 1. The second-order valence-electron chi connectivity index (χ2n) is 6.69. The van der Waals surface area contributed by atoms with Crippen molar-refractivity contribution in [2.45, 2.75) is 32.4 Å². The Kier molecular flexibility index (Phi) is 4.46. The van der Waals surface area contributed by atoms with Crippen LogP contribution in [0.15, 0.2) is 24.3 Å². The van der Waals surface area contributed by atoms with E-state index < -0.39 is 0 Å². The number of amides is 1. The Morgan fingerprint density at radius 2 is 2.15 bits per heavy atom. The SMILES string of the molecule is COc1ccccc1N1C[C@@H](Nc2nc(C)nc3c2CCNC3)CC1=O. The molecule has 0 saturated carbocycles. The van der Waals surface area contributed by atoms with Gasteiger partial charge in [0.2, 0.25) is 5.91 Å². The molecule has 136 valence electrons. The van der Waals surface area contributed by atoms with Gasteiger partial charge in [-0.1, -0.05) is 12.1 Å². The number of aryl methyl sites for hydroxylation is 1. The van der Waals surface area contributed by atoms with E-state index in [0.29, 0.717) is 18.7 Å². The zero-order chi connectivity index (χ0) is 18.1. The van der Waals surface area contributed by atoms with E-state index in [1.54, 1.807) is 12.0 Å². The first-order valence-corrected chi connectivity index (χ1v) is 8.92. The molecule has 7 heteroatoms. The van der Waals surface area contributed by atoms with Gasteiger partial charge in [-0.15, -0.1) is 0 Å². The van der Waals surface area contributed by atoms with Gasteiger partial charge in [-0.2, -0.15) is 0 Å². The summed E-state index contributed by atoms with van der Waals surface area (Å²) in [4.78, 5) is 23.5. The van der Waals surface area contributed by atoms with Gasteiger partial charge in [0, 0.05) is 25.1 Å². The summed E-state index contributed by atoms with van der Waals surface area (Å²) in [6.45, 7) is 4.19.